The average Bonchev–Trinajstić information content (AvgIpc) is 2.47. The lowest BCUT2D eigenvalue weighted by atomic mass is 9.88. The molecule has 2 heteroatoms. The van der Waals surface area contributed by atoms with Crippen LogP contribution >= 0.6 is 0 Å². The third kappa shape index (κ3) is 3.71. The molecule has 0 saturated carbocycles. The van der Waals surface area contributed by atoms with Gasteiger partial charge in [-0.3, -0.25) is 0 Å². The molecule has 0 radical (unpaired) electrons. The van der Waals surface area contributed by atoms with Crippen LogP contribution in [0, 0.1) is 11.3 Å². The average molecular weight is 279 g/mol. The zero-order valence-corrected chi connectivity index (χ0v) is 12.8. The topological polar surface area (TPSA) is 44.0 Å². The molecule has 1 unspecified atom stereocenters. The van der Waals surface area contributed by atoms with Crippen molar-refractivity contribution in [3.63, 3.8) is 0 Å². The van der Waals surface area contributed by atoms with E-state index in [1.54, 1.807) is 12.1 Å². The molecule has 2 aromatic carbocycles. The first kappa shape index (κ1) is 15.3. The van der Waals surface area contributed by atoms with Crippen LogP contribution < -0.4 is 0 Å². The number of aliphatic hydroxyl groups is 1. The van der Waals surface area contributed by atoms with Crippen LogP contribution in [-0.2, 0) is 12.0 Å². The molecule has 2 nitrogen and oxygen atoms in total. The molecular formula is C19H21NO. The highest BCUT2D eigenvalue weighted by molar-refractivity contribution is 5.35. The Morgan fingerprint density at radius 1 is 1.05 bits per heavy atom. The molecule has 0 aromatic heterocycles. The Morgan fingerprint density at radius 3 is 2.10 bits per heavy atom. The third-order valence-corrected chi connectivity index (χ3v) is 3.83. The predicted molar refractivity (Wildman–Crippen MR) is 85.0 cm³/mol. The number of nitriles is 1. The Bertz CT molecular complexity index is 631. The van der Waals surface area contributed by atoms with Crippen molar-refractivity contribution in [2.75, 3.05) is 0 Å². The monoisotopic (exact) mass is 279 g/mol. The van der Waals surface area contributed by atoms with Crippen LogP contribution in [0.5, 0.6) is 0 Å². The van der Waals surface area contributed by atoms with E-state index in [2.05, 4.69) is 44.2 Å². The minimum Gasteiger partial charge on any atom is -0.385 e. The summed E-state index contributed by atoms with van der Waals surface area (Å²) in [6.07, 6.45) is 0.553. The highest BCUT2D eigenvalue weighted by Gasteiger charge is 2.23. The first-order valence-electron chi connectivity index (χ1n) is 7.24. The lowest BCUT2D eigenvalue weighted by Gasteiger charge is -2.24. The van der Waals surface area contributed by atoms with Crippen molar-refractivity contribution in [3.8, 4) is 6.07 Å². The second-order valence-corrected chi connectivity index (χ2v) is 6.04. The summed E-state index contributed by atoms with van der Waals surface area (Å²) in [7, 11) is 0. The summed E-state index contributed by atoms with van der Waals surface area (Å²) in [5, 5.41) is 19.5. The van der Waals surface area contributed by atoms with E-state index < -0.39 is 5.60 Å². The fourth-order valence-corrected chi connectivity index (χ4v) is 2.42. The second kappa shape index (κ2) is 6.11. The highest BCUT2D eigenvalue weighted by Crippen LogP contribution is 2.26. The van der Waals surface area contributed by atoms with Crippen LogP contribution in [0.4, 0.5) is 0 Å². The molecule has 0 fully saturated rings. The molecular weight excluding hydrogens is 258 g/mol. The first-order valence-corrected chi connectivity index (χ1v) is 7.24. The van der Waals surface area contributed by atoms with E-state index in [-0.39, 0.29) is 0 Å². The largest absolute Gasteiger partial charge is 0.385 e. The Labute approximate surface area is 126 Å². The van der Waals surface area contributed by atoms with Crippen LogP contribution in [0.25, 0.3) is 0 Å². The van der Waals surface area contributed by atoms with E-state index in [1.807, 2.05) is 19.1 Å². The number of hydrogen-bond donors (Lipinski definition) is 1. The SMILES string of the molecule is CC(C)c1ccc(CC(C)(O)c2ccc(C#N)cc2)cc1. The normalized spacial score (nSPS) is 13.7. The summed E-state index contributed by atoms with van der Waals surface area (Å²) in [6.45, 7) is 6.15. The fraction of sp³-hybridized carbons (Fsp3) is 0.316. The van der Waals surface area contributed by atoms with Crippen molar-refractivity contribution in [1.29, 1.82) is 5.26 Å². The van der Waals surface area contributed by atoms with E-state index >= 15 is 0 Å². The van der Waals surface area contributed by atoms with E-state index in [0.717, 1.165) is 11.1 Å². The molecule has 2 aromatic rings. The zero-order valence-electron chi connectivity index (χ0n) is 12.8. The molecule has 1 N–H and O–H groups in total. The fourth-order valence-electron chi connectivity index (χ4n) is 2.42. The quantitative estimate of drug-likeness (QED) is 0.914. The molecule has 1 atom stereocenters. The first-order chi connectivity index (χ1) is 9.92. The molecule has 0 saturated heterocycles. The number of rotatable bonds is 4. The lowest BCUT2D eigenvalue weighted by molar-refractivity contribution is 0.0576. The summed E-state index contributed by atoms with van der Waals surface area (Å²) < 4.78 is 0. The smallest absolute Gasteiger partial charge is 0.0991 e. The van der Waals surface area contributed by atoms with Gasteiger partial charge in [0.1, 0.15) is 0 Å². The van der Waals surface area contributed by atoms with Gasteiger partial charge >= 0.3 is 0 Å². The Balaban J connectivity index is 2.17. The van der Waals surface area contributed by atoms with Gasteiger partial charge in [-0.15, -0.1) is 0 Å². The van der Waals surface area contributed by atoms with Crippen molar-refractivity contribution < 1.29 is 5.11 Å². The Morgan fingerprint density at radius 2 is 1.62 bits per heavy atom. The Kier molecular flexibility index (Phi) is 4.45. The van der Waals surface area contributed by atoms with Gasteiger partial charge in [0.15, 0.2) is 0 Å². The zero-order chi connectivity index (χ0) is 15.5. The maximum atomic E-state index is 10.7. The van der Waals surface area contributed by atoms with Crippen molar-refractivity contribution in [2.24, 2.45) is 0 Å². The highest BCUT2D eigenvalue weighted by atomic mass is 16.3. The summed E-state index contributed by atoms with van der Waals surface area (Å²) in [5.74, 6) is 0.512. The second-order valence-electron chi connectivity index (χ2n) is 6.04. The van der Waals surface area contributed by atoms with Crippen LogP contribution in [0.15, 0.2) is 48.5 Å². The van der Waals surface area contributed by atoms with E-state index in [4.69, 9.17) is 5.26 Å². The summed E-state index contributed by atoms with van der Waals surface area (Å²) in [5.41, 5.74) is 2.91. The molecule has 0 aliphatic heterocycles. The van der Waals surface area contributed by atoms with Gasteiger partial charge in [0.05, 0.1) is 17.2 Å². The standard InChI is InChI=1S/C19H21NO/c1-14(2)17-8-4-15(5-9-17)12-19(3,21)18-10-6-16(13-20)7-11-18/h4-11,14,21H,12H2,1-3H3. The predicted octanol–water partition coefficient (Wildman–Crippen LogP) is 4.13. The Hall–Kier alpha value is -2.11. The van der Waals surface area contributed by atoms with Crippen LogP contribution in [0.1, 0.15) is 48.9 Å². The summed E-state index contributed by atoms with van der Waals surface area (Å²) in [6, 6.07) is 17.6. The van der Waals surface area contributed by atoms with Crippen molar-refractivity contribution in [3.05, 3.63) is 70.8 Å². The third-order valence-electron chi connectivity index (χ3n) is 3.83. The van der Waals surface area contributed by atoms with Gasteiger partial charge in [0, 0.05) is 6.42 Å². The van der Waals surface area contributed by atoms with Gasteiger partial charge in [-0.1, -0.05) is 50.2 Å². The van der Waals surface area contributed by atoms with E-state index in [0.29, 0.717) is 17.9 Å². The summed E-state index contributed by atoms with van der Waals surface area (Å²) in [4.78, 5) is 0. The summed E-state index contributed by atoms with van der Waals surface area (Å²) >= 11 is 0. The number of nitrogens with zero attached hydrogens (tertiary/aromatic N) is 1. The minimum absolute atomic E-state index is 0.512. The molecule has 0 aliphatic rings. The number of benzene rings is 2. The van der Waals surface area contributed by atoms with Gasteiger partial charge in [0.2, 0.25) is 0 Å². The van der Waals surface area contributed by atoms with Crippen LogP contribution in [-0.4, -0.2) is 5.11 Å². The number of hydrogen-bond acceptors (Lipinski definition) is 2. The van der Waals surface area contributed by atoms with Gasteiger partial charge in [-0.2, -0.15) is 5.26 Å². The molecule has 0 bridgehead atoms. The maximum absolute atomic E-state index is 10.7. The molecule has 2 rings (SSSR count). The minimum atomic E-state index is -0.937. The molecule has 0 spiro atoms. The molecule has 0 heterocycles. The van der Waals surface area contributed by atoms with E-state index in [1.165, 1.54) is 5.56 Å². The van der Waals surface area contributed by atoms with Crippen LogP contribution in [0.3, 0.4) is 0 Å². The van der Waals surface area contributed by atoms with Crippen molar-refractivity contribution in [1.82, 2.24) is 0 Å². The molecule has 0 amide bonds. The van der Waals surface area contributed by atoms with Gasteiger partial charge < -0.3 is 5.11 Å². The molecule has 0 aliphatic carbocycles. The van der Waals surface area contributed by atoms with Gasteiger partial charge in [0.25, 0.3) is 0 Å². The lowest BCUT2D eigenvalue weighted by Crippen LogP contribution is -2.24. The van der Waals surface area contributed by atoms with Gasteiger partial charge in [-0.05, 0) is 41.7 Å². The van der Waals surface area contributed by atoms with Crippen molar-refractivity contribution in [2.45, 2.75) is 38.7 Å². The van der Waals surface area contributed by atoms with Gasteiger partial charge in [-0.25, -0.2) is 0 Å². The van der Waals surface area contributed by atoms with Crippen molar-refractivity contribution >= 4 is 0 Å². The molecule has 108 valence electrons. The maximum Gasteiger partial charge on any atom is 0.0991 e. The van der Waals surface area contributed by atoms with E-state index in [9.17, 15) is 5.11 Å². The van der Waals surface area contributed by atoms with Crippen LogP contribution in [0.2, 0.25) is 0 Å². The molecule has 21 heavy (non-hydrogen) atoms.